The molecule has 4 rings (SSSR count). The molecule has 0 bridgehead atoms. The van der Waals surface area contributed by atoms with Crippen molar-refractivity contribution in [1.82, 2.24) is 4.98 Å². The van der Waals surface area contributed by atoms with Gasteiger partial charge in [0.1, 0.15) is 5.75 Å². The zero-order valence-corrected chi connectivity index (χ0v) is 23.3. The topological polar surface area (TPSA) is 25.4 Å². The Labute approximate surface area is 229 Å². The van der Waals surface area contributed by atoms with Crippen LogP contribution in [0.2, 0.25) is 0 Å². The van der Waals surface area contributed by atoms with Gasteiger partial charge in [-0.3, -0.25) is 0 Å². The molecule has 0 spiro atoms. The molecule has 3 aromatic carbocycles. The molecule has 0 aliphatic carbocycles. The molecule has 3 heteroatoms. The van der Waals surface area contributed by atoms with Gasteiger partial charge in [0.15, 0.2) is 0 Å². The maximum absolute atomic E-state index is 6.01. The van der Waals surface area contributed by atoms with E-state index in [-0.39, 0.29) is 0 Å². The smallest absolute Gasteiger partial charge is 0.119 e. The van der Waals surface area contributed by atoms with Gasteiger partial charge in [-0.25, -0.2) is 4.98 Å². The molecule has 0 amide bonds. The molecule has 1 aromatic heterocycles. The number of ether oxygens (including phenoxy) is 1. The first kappa shape index (κ1) is 27.4. The number of unbranched alkanes of at least 4 members (excludes halogenated alkanes) is 5. The maximum atomic E-state index is 6.01. The van der Waals surface area contributed by atoms with E-state index in [1.807, 2.05) is 6.07 Å². The first-order chi connectivity index (χ1) is 18.7. The van der Waals surface area contributed by atoms with Crippen molar-refractivity contribution in [2.75, 3.05) is 24.6 Å². The summed E-state index contributed by atoms with van der Waals surface area (Å²) in [6.07, 6.45) is 7.62. The molecule has 3 nitrogen and oxygen atoms in total. The summed E-state index contributed by atoms with van der Waals surface area (Å²) in [4.78, 5) is 7.43. The number of anilines is 1. The molecule has 1 heterocycles. The molecule has 0 unspecified atom stereocenters. The quantitative estimate of drug-likeness (QED) is 0.159. The fraction of sp³-hybridized carbons (Fsp3) is 0.343. The molecule has 4 aromatic rings. The van der Waals surface area contributed by atoms with Crippen LogP contribution in [0.25, 0.3) is 33.6 Å². The van der Waals surface area contributed by atoms with Crippen LogP contribution in [-0.4, -0.2) is 24.7 Å². The third-order valence-corrected chi connectivity index (χ3v) is 7.14. The Morgan fingerprint density at radius 1 is 0.579 bits per heavy atom. The van der Waals surface area contributed by atoms with Crippen molar-refractivity contribution in [3.8, 4) is 39.4 Å². The monoisotopic (exact) mass is 506 g/mol. The van der Waals surface area contributed by atoms with Crippen LogP contribution in [0.4, 0.5) is 5.69 Å². The predicted molar refractivity (Wildman–Crippen MR) is 163 cm³/mol. The standard InChI is InChI=1S/C35H42N2O/c1-4-7-8-9-10-14-25-38-33-23-19-30(20-24-33)35-27-31(26-34(36-35)29-15-12-11-13-16-29)28-17-21-32(22-18-28)37(5-2)6-3/h11-13,15-24,26-27H,4-10,14,25H2,1-3H3. The first-order valence-corrected chi connectivity index (χ1v) is 14.4. The Morgan fingerprint density at radius 2 is 1.16 bits per heavy atom. The molecule has 0 aliphatic rings. The summed E-state index contributed by atoms with van der Waals surface area (Å²) < 4.78 is 6.01. The molecular weight excluding hydrogens is 464 g/mol. The summed E-state index contributed by atoms with van der Waals surface area (Å²) in [6, 6.07) is 32.1. The Balaban J connectivity index is 1.54. The third-order valence-electron chi connectivity index (χ3n) is 7.14. The van der Waals surface area contributed by atoms with E-state index >= 15 is 0 Å². The molecule has 0 atom stereocenters. The highest BCUT2D eigenvalue weighted by molar-refractivity contribution is 5.77. The van der Waals surface area contributed by atoms with Gasteiger partial charge in [0.25, 0.3) is 0 Å². The van der Waals surface area contributed by atoms with E-state index in [0.29, 0.717) is 0 Å². The summed E-state index contributed by atoms with van der Waals surface area (Å²) in [5, 5.41) is 0. The predicted octanol–water partition coefficient (Wildman–Crippen LogP) is 9.67. The van der Waals surface area contributed by atoms with Gasteiger partial charge in [0.05, 0.1) is 18.0 Å². The third kappa shape index (κ3) is 7.47. The summed E-state index contributed by atoms with van der Waals surface area (Å²) in [7, 11) is 0. The highest BCUT2D eigenvalue weighted by Gasteiger charge is 2.10. The molecule has 198 valence electrons. The summed E-state index contributed by atoms with van der Waals surface area (Å²) in [6.45, 7) is 9.44. The van der Waals surface area contributed by atoms with Crippen LogP contribution < -0.4 is 9.64 Å². The zero-order valence-electron chi connectivity index (χ0n) is 23.3. The van der Waals surface area contributed by atoms with Crippen molar-refractivity contribution in [2.45, 2.75) is 59.3 Å². The van der Waals surface area contributed by atoms with Crippen LogP contribution in [0.15, 0.2) is 91.0 Å². The van der Waals surface area contributed by atoms with Gasteiger partial charge in [0.2, 0.25) is 0 Å². The van der Waals surface area contributed by atoms with Gasteiger partial charge in [0, 0.05) is 29.9 Å². The molecule has 0 radical (unpaired) electrons. The van der Waals surface area contributed by atoms with Crippen LogP contribution in [-0.2, 0) is 0 Å². The average molecular weight is 507 g/mol. The van der Waals surface area contributed by atoms with Crippen LogP contribution in [0, 0.1) is 0 Å². The Hall–Kier alpha value is -3.59. The minimum atomic E-state index is 0.779. The lowest BCUT2D eigenvalue weighted by Crippen LogP contribution is -2.21. The average Bonchev–Trinajstić information content (AvgIpc) is 2.98. The Kier molecular flexibility index (Phi) is 10.4. The van der Waals surface area contributed by atoms with Gasteiger partial charge in [-0.2, -0.15) is 0 Å². The van der Waals surface area contributed by atoms with Crippen molar-refractivity contribution in [2.24, 2.45) is 0 Å². The lowest BCUT2D eigenvalue weighted by molar-refractivity contribution is 0.304. The summed E-state index contributed by atoms with van der Waals surface area (Å²) >= 11 is 0. The van der Waals surface area contributed by atoms with Crippen molar-refractivity contribution < 1.29 is 4.74 Å². The van der Waals surface area contributed by atoms with Gasteiger partial charge in [-0.15, -0.1) is 0 Å². The van der Waals surface area contributed by atoms with E-state index in [0.717, 1.165) is 54.4 Å². The number of rotatable bonds is 14. The van der Waals surface area contributed by atoms with E-state index in [4.69, 9.17) is 9.72 Å². The fourth-order valence-corrected chi connectivity index (χ4v) is 4.85. The normalized spacial score (nSPS) is 10.9. The van der Waals surface area contributed by atoms with E-state index < -0.39 is 0 Å². The number of nitrogens with zero attached hydrogens (tertiary/aromatic N) is 2. The lowest BCUT2D eigenvalue weighted by Gasteiger charge is -2.21. The van der Waals surface area contributed by atoms with E-state index in [2.05, 4.69) is 111 Å². The highest BCUT2D eigenvalue weighted by Crippen LogP contribution is 2.32. The van der Waals surface area contributed by atoms with Crippen LogP contribution in [0.5, 0.6) is 5.75 Å². The minimum absolute atomic E-state index is 0.779. The minimum Gasteiger partial charge on any atom is -0.494 e. The van der Waals surface area contributed by atoms with Crippen molar-refractivity contribution in [3.05, 3.63) is 91.0 Å². The number of aromatic nitrogens is 1. The van der Waals surface area contributed by atoms with Crippen molar-refractivity contribution in [3.63, 3.8) is 0 Å². The van der Waals surface area contributed by atoms with Gasteiger partial charge in [-0.05, 0) is 79.9 Å². The number of hydrogen-bond donors (Lipinski definition) is 0. The van der Waals surface area contributed by atoms with Gasteiger partial charge >= 0.3 is 0 Å². The summed E-state index contributed by atoms with van der Waals surface area (Å²) in [5.41, 5.74) is 7.78. The molecule has 0 saturated heterocycles. The van der Waals surface area contributed by atoms with E-state index in [1.54, 1.807) is 0 Å². The molecule has 0 fully saturated rings. The largest absolute Gasteiger partial charge is 0.494 e. The van der Waals surface area contributed by atoms with Gasteiger partial charge < -0.3 is 9.64 Å². The maximum Gasteiger partial charge on any atom is 0.119 e. The second-order valence-electron chi connectivity index (χ2n) is 9.85. The van der Waals surface area contributed by atoms with Crippen LogP contribution in [0.1, 0.15) is 59.3 Å². The van der Waals surface area contributed by atoms with E-state index in [1.165, 1.54) is 48.9 Å². The highest BCUT2D eigenvalue weighted by atomic mass is 16.5. The second-order valence-corrected chi connectivity index (χ2v) is 9.85. The molecular formula is C35H42N2O. The molecule has 0 N–H and O–H groups in total. The van der Waals surface area contributed by atoms with Crippen LogP contribution in [0.3, 0.4) is 0 Å². The fourth-order valence-electron chi connectivity index (χ4n) is 4.85. The number of pyridine rings is 1. The molecule has 0 aliphatic heterocycles. The Bertz CT molecular complexity index is 1230. The molecule has 38 heavy (non-hydrogen) atoms. The first-order valence-electron chi connectivity index (χ1n) is 14.4. The summed E-state index contributed by atoms with van der Waals surface area (Å²) in [5.74, 6) is 0.925. The number of hydrogen-bond acceptors (Lipinski definition) is 3. The van der Waals surface area contributed by atoms with Crippen molar-refractivity contribution >= 4 is 5.69 Å². The lowest BCUT2D eigenvalue weighted by atomic mass is 9.99. The second kappa shape index (κ2) is 14.4. The zero-order chi connectivity index (χ0) is 26.6. The van der Waals surface area contributed by atoms with E-state index in [9.17, 15) is 0 Å². The molecule has 0 saturated carbocycles. The number of benzene rings is 3. The Morgan fingerprint density at radius 3 is 1.79 bits per heavy atom. The van der Waals surface area contributed by atoms with Crippen LogP contribution >= 0.6 is 0 Å². The van der Waals surface area contributed by atoms with Gasteiger partial charge in [-0.1, -0.05) is 81.5 Å². The van der Waals surface area contributed by atoms with Crippen molar-refractivity contribution in [1.29, 1.82) is 0 Å². The SMILES string of the molecule is CCCCCCCCOc1ccc(-c2cc(-c3ccc(N(CC)CC)cc3)cc(-c3ccccc3)n2)cc1.